The summed E-state index contributed by atoms with van der Waals surface area (Å²) in [4.78, 5) is 13.0. The van der Waals surface area contributed by atoms with Gasteiger partial charge in [0.2, 0.25) is 0 Å². The molecule has 0 aromatic heterocycles. The van der Waals surface area contributed by atoms with Crippen molar-refractivity contribution in [3.8, 4) is 0 Å². The smallest absolute Gasteiger partial charge is 0.165 e. The first-order valence-electron chi connectivity index (χ1n) is 10.5. The highest BCUT2D eigenvalue weighted by Gasteiger charge is 2.19. The third-order valence-electron chi connectivity index (χ3n) is 5.44. The summed E-state index contributed by atoms with van der Waals surface area (Å²) in [6.45, 7) is 8.58. The largest absolute Gasteiger partial charge is 0.378 e. The normalized spacial score (nSPS) is 12.4. The molecule has 0 aliphatic rings. The zero-order valence-corrected chi connectivity index (χ0v) is 18.2. The van der Waals surface area contributed by atoms with Gasteiger partial charge in [-0.2, -0.15) is 0 Å². The molecule has 0 saturated carbocycles. The van der Waals surface area contributed by atoms with Gasteiger partial charge < -0.3 is 5.32 Å². The number of carbonyl (C=O) groups excluding carboxylic acids is 1. The second-order valence-electron chi connectivity index (χ2n) is 8.75. The van der Waals surface area contributed by atoms with Crippen LogP contribution in [0.3, 0.4) is 0 Å². The molecule has 0 radical (unpaired) electrons. The number of aryl methyl sites for hydroxylation is 1. The number of halogens is 1. The minimum atomic E-state index is -0.283. The van der Waals surface area contributed by atoms with Crippen LogP contribution in [-0.4, -0.2) is 5.78 Å². The van der Waals surface area contributed by atoms with Crippen molar-refractivity contribution in [2.45, 2.75) is 52.0 Å². The van der Waals surface area contributed by atoms with E-state index in [9.17, 15) is 9.18 Å². The molecule has 0 amide bonds. The van der Waals surface area contributed by atoms with Gasteiger partial charge in [-0.15, -0.1) is 0 Å². The minimum Gasteiger partial charge on any atom is -0.378 e. The summed E-state index contributed by atoms with van der Waals surface area (Å²) >= 11 is 0. The fourth-order valence-electron chi connectivity index (χ4n) is 3.44. The predicted octanol–water partition coefficient (Wildman–Crippen LogP) is 7.11. The van der Waals surface area contributed by atoms with Gasteiger partial charge in [-0.1, -0.05) is 76.2 Å². The first kappa shape index (κ1) is 21.8. The van der Waals surface area contributed by atoms with Gasteiger partial charge in [-0.25, -0.2) is 4.39 Å². The number of nitrogens with one attached hydrogen (secondary N) is 1. The number of ketones is 1. The molecule has 3 rings (SSSR count). The lowest BCUT2D eigenvalue weighted by atomic mass is 9.86. The van der Waals surface area contributed by atoms with E-state index in [1.54, 1.807) is 12.1 Å². The van der Waals surface area contributed by atoms with Gasteiger partial charge in [-0.3, -0.25) is 4.79 Å². The maximum atomic E-state index is 13.4. The Morgan fingerprint density at radius 3 is 2.03 bits per heavy atom. The van der Waals surface area contributed by atoms with Crippen LogP contribution in [0.2, 0.25) is 0 Å². The van der Waals surface area contributed by atoms with E-state index in [4.69, 9.17) is 0 Å². The van der Waals surface area contributed by atoms with Crippen molar-refractivity contribution < 1.29 is 9.18 Å². The number of hydrogen-bond acceptors (Lipinski definition) is 2. The number of carbonyl (C=O) groups is 1. The third kappa shape index (κ3) is 5.56. The summed E-state index contributed by atoms with van der Waals surface area (Å²) in [6, 6.07) is 22.2. The Labute approximate surface area is 179 Å². The van der Waals surface area contributed by atoms with Gasteiger partial charge >= 0.3 is 0 Å². The Balaban J connectivity index is 1.82. The second-order valence-corrected chi connectivity index (χ2v) is 8.75. The molecular formula is C27H30FNO. The molecule has 30 heavy (non-hydrogen) atoms. The molecule has 0 saturated heterocycles. The monoisotopic (exact) mass is 403 g/mol. The van der Waals surface area contributed by atoms with Crippen molar-refractivity contribution >= 4 is 11.5 Å². The molecule has 3 aromatic carbocycles. The van der Waals surface area contributed by atoms with E-state index in [-0.39, 0.29) is 29.5 Å². The molecule has 2 nitrogen and oxygen atoms in total. The third-order valence-corrected chi connectivity index (χ3v) is 5.44. The summed E-state index contributed by atoms with van der Waals surface area (Å²) in [5.41, 5.74) is 5.02. The van der Waals surface area contributed by atoms with Crippen LogP contribution in [-0.2, 0) is 11.8 Å². The van der Waals surface area contributed by atoms with Crippen LogP contribution in [0.5, 0.6) is 0 Å². The summed E-state index contributed by atoms with van der Waals surface area (Å²) in [5, 5.41) is 3.46. The summed E-state index contributed by atoms with van der Waals surface area (Å²) in [5.74, 6) is -0.226. The lowest BCUT2D eigenvalue weighted by molar-refractivity contribution is 0.0976. The molecule has 156 valence electrons. The Hall–Kier alpha value is -2.94. The average molecular weight is 404 g/mol. The van der Waals surface area contributed by atoms with Crippen LogP contribution in [0.4, 0.5) is 10.1 Å². The van der Waals surface area contributed by atoms with Crippen LogP contribution in [0, 0.1) is 5.82 Å². The quantitative estimate of drug-likeness (QED) is 0.426. The molecule has 3 heteroatoms. The van der Waals surface area contributed by atoms with Crippen LogP contribution >= 0.6 is 0 Å². The highest BCUT2D eigenvalue weighted by Crippen LogP contribution is 2.27. The molecule has 0 fully saturated rings. The van der Waals surface area contributed by atoms with Crippen LogP contribution in [0.15, 0.2) is 72.8 Å². The fourth-order valence-corrected chi connectivity index (χ4v) is 3.44. The molecule has 1 atom stereocenters. The van der Waals surface area contributed by atoms with Gasteiger partial charge in [-0.05, 0) is 52.8 Å². The van der Waals surface area contributed by atoms with Crippen molar-refractivity contribution in [3.63, 3.8) is 0 Å². The molecular weight excluding hydrogens is 373 g/mol. The van der Waals surface area contributed by atoms with E-state index in [1.807, 2.05) is 36.4 Å². The molecule has 0 heterocycles. The molecule has 0 bridgehead atoms. The second kappa shape index (κ2) is 9.25. The van der Waals surface area contributed by atoms with Crippen LogP contribution in [0.1, 0.15) is 67.2 Å². The van der Waals surface area contributed by atoms with Crippen molar-refractivity contribution in [1.82, 2.24) is 0 Å². The molecule has 0 spiro atoms. The van der Waals surface area contributed by atoms with E-state index in [0.717, 1.165) is 17.7 Å². The highest BCUT2D eigenvalue weighted by molar-refractivity contribution is 5.96. The first-order chi connectivity index (χ1) is 14.3. The van der Waals surface area contributed by atoms with E-state index >= 15 is 0 Å². The van der Waals surface area contributed by atoms with Crippen molar-refractivity contribution in [1.29, 1.82) is 0 Å². The SMILES string of the molecule is CCc1ccc(N[C@H](CC(=O)c2ccc(C(C)(C)C)cc2)c2ccc(F)cc2)cc1. The topological polar surface area (TPSA) is 29.1 Å². The number of anilines is 1. The Kier molecular flexibility index (Phi) is 6.71. The van der Waals surface area contributed by atoms with Crippen LogP contribution in [0.25, 0.3) is 0 Å². The predicted molar refractivity (Wildman–Crippen MR) is 123 cm³/mol. The zero-order valence-electron chi connectivity index (χ0n) is 18.2. The van der Waals surface area contributed by atoms with E-state index in [2.05, 4.69) is 45.1 Å². The minimum absolute atomic E-state index is 0.0461. The maximum absolute atomic E-state index is 13.4. The standard InChI is InChI=1S/C27H30FNO/c1-5-19-6-16-24(17-7-19)29-25(20-10-14-23(28)15-11-20)18-26(30)21-8-12-22(13-9-21)27(2,3)4/h6-17,25,29H,5,18H2,1-4H3/t25-/m1/s1. The lowest BCUT2D eigenvalue weighted by Gasteiger charge is -2.21. The van der Waals surface area contributed by atoms with Gasteiger partial charge in [0.25, 0.3) is 0 Å². The van der Waals surface area contributed by atoms with Gasteiger partial charge in [0.1, 0.15) is 5.82 Å². The molecule has 1 N–H and O–H groups in total. The van der Waals surface area contributed by atoms with Gasteiger partial charge in [0.05, 0.1) is 6.04 Å². The van der Waals surface area contributed by atoms with Gasteiger partial charge in [0.15, 0.2) is 5.78 Å². The first-order valence-corrected chi connectivity index (χ1v) is 10.5. The zero-order chi connectivity index (χ0) is 21.7. The highest BCUT2D eigenvalue weighted by atomic mass is 19.1. The number of rotatable bonds is 7. The Morgan fingerprint density at radius 2 is 1.50 bits per heavy atom. The van der Waals surface area contributed by atoms with Crippen LogP contribution < -0.4 is 5.32 Å². The molecule has 0 unspecified atom stereocenters. The summed E-state index contributed by atoms with van der Waals surface area (Å²) in [6.07, 6.45) is 1.26. The Morgan fingerprint density at radius 1 is 0.900 bits per heavy atom. The molecule has 0 aliphatic heterocycles. The van der Waals surface area contributed by atoms with E-state index < -0.39 is 0 Å². The number of benzene rings is 3. The fraction of sp³-hybridized carbons (Fsp3) is 0.296. The average Bonchev–Trinajstić information content (AvgIpc) is 2.74. The summed E-state index contributed by atoms with van der Waals surface area (Å²) in [7, 11) is 0. The number of hydrogen-bond donors (Lipinski definition) is 1. The van der Waals surface area contributed by atoms with E-state index in [1.165, 1.54) is 23.3 Å². The lowest BCUT2D eigenvalue weighted by Crippen LogP contribution is -2.16. The van der Waals surface area contributed by atoms with Crippen molar-refractivity contribution in [3.05, 3.63) is 101 Å². The van der Waals surface area contributed by atoms with Gasteiger partial charge in [0, 0.05) is 17.7 Å². The number of Topliss-reactive ketones (excluding diaryl/α,β-unsaturated/α-hetero) is 1. The van der Waals surface area contributed by atoms with E-state index in [0.29, 0.717) is 5.56 Å². The molecule has 3 aromatic rings. The van der Waals surface area contributed by atoms with Crippen molar-refractivity contribution in [2.75, 3.05) is 5.32 Å². The maximum Gasteiger partial charge on any atom is 0.165 e. The van der Waals surface area contributed by atoms with Crippen molar-refractivity contribution in [2.24, 2.45) is 0 Å². The summed E-state index contributed by atoms with van der Waals surface area (Å²) < 4.78 is 13.4. The Bertz CT molecular complexity index is 967. The molecule has 0 aliphatic carbocycles.